The van der Waals surface area contributed by atoms with E-state index in [1.807, 2.05) is 45.0 Å². The van der Waals surface area contributed by atoms with Gasteiger partial charge in [0.15, 0.2) is 0 Å². The van der Waals surface area contributed by atoms with Gasteiger partial charge in [0.05, 0.1) is 27.4 Å². The maximum Gasteiger partial charge on any atom is 0.243 e. The van der Waals surface area contributed by atoms with Crippen LogP contribution in [0.15, 0.2) is 58.5 Å². The lowest BCUT2D eigenvalue weighted by atomic mass is 10.3. The molecule has 0 fully saturated rings. The van der Waals surface area contributed by atoms with E-state index in [0.717, 1.165) is 16.7 Å². The van der Waals surface area contributed by atoms with Gasteiger partial charge in [-0.05, 0) is 57.2 Å². The van der Waals surface area contributed by atoms with Crippen molar-refractivity contribution in [2.45, 2.75) is 36.7 Å². The molecule has 3 rings (SSSR count). The number of sulfonamides is 1. The number of benzene rings is 2. The van der Waals surface area contributed by atoms with Gasteiger partial charge in [0.1, 0.15) is 5.03 Å². The minimum Gasteiger partial charge on any atom is -0.325 e. The van der Waals surface area contributed by atoms with Gasteiger partial charge in [0.25, 0.3) is 0 Å². The number of thioether (sulfide) groups is 1. The zero-order valence-corrected chi connectivity index (χ0v) is 18.9. The van der Waals surface area contributed by atoms with E-state index < -0.39 is 10.0 Å². The van der Waals surface area contributed by atoms with Gasteiger partial charge in [-0.15, -0.1) is 0 Å². The van der Waals surface area contributed by atoms with E-state index in [9.17, 15) is 13.2 Å². The predicted octanol–water partition coefficient (Wildman–Crippen LogP) is 3.70. The highest BCUT2D eigenvalue weighted by Gasteiger charge is 2.22. The fourth-order valence-electron chi connectivity index (χ4n) is 2.69. The quantitative estimate of drug-likeness (QED) is 0.559. The first-order valence-corrected chi connectivity index (χ1v) is 11.8. The number of hydrogen-bond donors (Lipinski definition) is 1. The van der Waals surface area contributed by atoms with Crippen LogP contribution >= 0.6 is 11.8 Å². The molecule has 9 heteroatoms. The van der Waals surface area contributed by atoms with Gasteiger partial charge in [-0.1, -0.05) is 23.9 Å². The van der Waals surface area contributed by atoms with Crippen molar-refractivity contribution in [1.29, 1.82) is 0 Å². The number of carbonyl (C=O) groups is 1. The Kier molecular flexibility index (Phi) is 6.74. The number of nitrogens with zero attached hydrogens (tertiary/aromatic N) is 3. The SMILES string of the molecule is Cc1nc2ccccc2nc1SCC(=O)Nc1ccc(S(=O)(=O)N(C)C(C)C)cc1. The molecular weight excluding hydrogens is 420 g/mol. The van der Waals surface area contributed by atoms with Crippen molar-refractivity contribution >= 4 is 44.4 Å². The normalized spacial score (nSPS) is 11.9. The van der Waals surface area contributed by atoms with E-state index in [0.29, 0.717) is 10.7 Å². The average Bonchev–Trinajstić information content (AvgIpc) is 2.72. The molecule has 7 nitrogen and oxygen atoms in total. The maximum absolute atomic E-state index is 12.5. The lowest BCUT2D eigenvalue weighted by Gasteiger charge is -2.21. The largest absolute Gasteiger partial charge is 0.325 e. The summed E-state index contributed by atoms with van der Waals surface area (Å²) in [5.74, 6) is -0.0338. The van der Waals surface area contributed by atoms with Gasteiger partial charge >= 0.3 is 0 Å². The Hall–Kier alpha value is -2.49. The highest BCUT2D eigenvalue weighted by Crippen LogP contribution is 2.23. The third-order valence-electron chi connectivity index (χ3n) is 4.58. The molecule has 158 valence electrons. The zero-order valence-electron chi connectivity index (χ0n) is 17.3. The maximum atomic E-state index is 12.5. The Morgan fingerprint density at radius 2 is 1.67 bits per heavy atom. The third kappa shape index (κ3) is 4.97. The molecule has 1 aromatic heterocycles. The van der Waals surface area contributed by atoms with Crippen LogP contribution in [0.5, 0.6) is 0 Å². The fourth-order valence-corrected chi connectivity index (χ4v) is 4.82. The molecule has 0 bridgehead atoms. The highest BCUT2D eigenvalue weighted by molar-refractivity contribution is 8.00. The van der Waals surface area contributed by atoms with Gasteiger partial charge in [-0.25, -0.2) is 18.4 Å². The van der Waals surface area contributed by atoms with Crippen LogP contribution < -0.4 is 5.32 Å². The van der Waals surface area contributed by atoms with Crippen molar-refractivity contribution in [3.63, 3.8) is 0 Å². The molecule has 1 N–H and O–H groups in total. The number of hydrogen-bond acceptors (Lipinski definition) is 6. The van der Waals surface area contributed by atoms with Crippen molar-refractivity contribution in [1.82, 2.24) is 14.3 Å². The fraction of sp³-hybridized carbons (Fsp3) is 0.286. The van der Waals surface area contributed by atoms with Crippen LogP contribution in [0.4, 0.5) is 5.69 Å². The summed E-state index contributed by atoms with van der Waals surface area (Å²) in [5.41, 5.74) is 2.92. The van der Waals surface area contributed by atoms with Gasteiger partial charge in [0.2, 0.25) is 15.9 Å². The van der Waals surface area contributed by atoms with Gasteiger partial charge in [0, 0.05) is 18.8 Å². The van der Waals surface area contributed by atoms with Crippen molar-refractivity contribution in [2.75, 3.05) is 18.1 Å². The standard InChI is InChI=1S/C21H24N4O3S2/c1-14(2)25(4)30(27,28)17-11-9-16(10-12-17)23-20(26)13-29-21-15(3)22-18-7-5-6-8-19(18)24-21/h5-12,14H,13H2,1-4H3,(H,23,26). The second kappa shape index (κ2) is 9.11. The Balaban J connectivity index is 1.64. The Morgan fingerprint density at radius 1 is 1.07 bits per heavy atom. The smallest absolute Gasteiger partial charge is 0.243 e. The zero-order chi connectivity index (χ0) is 21.9. The highest BCUT2D eigenvalue weighted by atomic mass is 32.2. The van der Waals surface area contributed by atoms with Gasteiger partial charge in [-0.2, -0.15) is 4.31 Å². The molecular formula is C21H24N4O3S2. The molecule has 0 radical (unpaired) electrons. The molecule has 3 aromatic rings. The summed E-state index contributed by atoms with van der Waals surface area (Å²) >= 11 is 1.32. The molecule has 0 atom stereocenters. The predicted molar refractivity (Wildman–Crippen MR) is 120 cm³/mol. The summed E-state index contributed by atoms with van der Waals surface area (Å²) in [6, 6.07) is 13.6. The summed E-state index contributed by atoms with van der Waals surface area (Å²) in [4.78, 5) is 21.6. The van der Waals surface area contributed by atoms with Crippen LogP contribution in [-0.4, -0.2) is 47.4 Å². The van der Waals surface area contributed by atoms with Gasteiger partial charge < -0.3 is 5.32 Å². The van der Waals surface area contributed by atoms with E-state index in [4.69, 9.17) is 0 Å². The number of anilines is 1. The number of amides is 1. The first-order valence-electron chi connectivity index (χ1n) is 9.42. The monoisotopic (exact) mass is 444 g/mol. The third-order valence-corrected chi connectivity index (χ3v) is 7.70. The number of carbonyl (C=O) groups excluding carboxylic acids is 1. The molecule has 0 aliphatic carbocycles. The minimum atomic E-state index is -3.55. The number of nitrogens with one attached hydrogen (secondary N) is 1. The van der Waals surface area contributed by atoms with Crippen molar-refractivity contribution in [2.24, 2.45) is 0 Å². The number of rotatable bonds is 7. The molecule has 0 aliphatic rings. The van der Waals surface area contributed by atoms with Crippen LogP contribution in [0.25, 0.3) is 11.0 Å². The van der Waals surface area contributed by atoms with Crippen molar-refractivity contribution in [3.8, 4) is 0 Å². The summed E-state index contributed by atoms with van der Waals surface area (Å²) in [5, 5.41) is 3.49. The second-order valence-corrected chi connectivity index (χ2v) is 10.0. The van der Waals surface area contributed by atoms with E-state index >= 15 is 0 Å². The second-order valence-electron chi connectivity index (χ2n) is 7.08. The van der Waals surface area contributed by atoms with Crippen LogP contribution in [0.2, 0.25) is 0 Å². The molecule has 30 heavy (non-hydrogen) atoms. The number of para-hydroxylation sites is 2. The van der Waals surface area contributed by atoms with E-state index in [1.165, 1.54) is 28.2 Å². The first-order chi connectivity index (χ1) is 14.2. The topological polar surface area (TPSA) is 92.3 Å². The molecule has 1 heterocycles. The summed E-state index contributed by atoms with van der Waals surface area (Å²) in [7, 11) is -2.00. The molecule has 1 amide bonds. The number of aromatic nitrogens is 2. The average molecular weight is 445 g/mol. The molecule has 0 saturated heterocycles. The lowest BCUT2D eigenvalue weighted by Crippen LogP contribution is -2.33. The van der Waals surface area contributed by atoms with Crippen LogP contribution in [0.3, 0.4) is 0 Å². The van der Waals surface area contributed by atoms with Crippen molar-refractivity contribution < 1.29 is 13.2 Å². The van der Waals surface area contributed by atoms with Crippen molar-refractivity contribution in [3.05, 3.63) is 54.2 Å². The number of fused-ring (bicyclic) bond motifs is 1. The summed E-state index contributed by atoms with van der Waals surface area (Å²) < 4.78 is 26.3. The Bertz CT molecular complexity index is 1160. The molecule has 2 aromatic carbocycles. The Labute approximate surface area is 181 Å². The van der Waals surface area contributed by atoms with Crippen LogP contribution in [0.1, 0.15) is 19.5 Å². The van der Waals surface area contributed by atoms with Crippen LogP contribution in [0, 0.1) is 6.92 Å². The van der Waals surface area contributed by atoms with Gasteiger partial charge in [-0.3, -0.25) is 4.79 Å². The van der Waals surface area contributed by atoms with E-state index in [1.54, 1.807) is 19.2 Å². The van der Waals surface area contributed by atoms with E-state index in [2.05, 4.69) is 15.3 Å². The minimum absolute atomic E-state index is 0.145. The Morgan fingerprint density at radius 3 is 2.27 bits per heavy atom. The van der Waals surface area contributed by atoms with Crippen LogP contribution in [-0.2, 0) is 14.8 Å². The summed E-state index contributed by atoms with van der Waals surface area (Å²) in [6.45, 7) is 5.49. The molecule has 0 aliphatic heterocycles. The number of aryl methyl sites for hydroxylation is 1. The molecule has 0 spiro atoms. The lowest BCUT2D eigenvalue weighted by molar-refractivity contribution is -0.113. The molecule has 0 saturated carbocycles. The molecule has 0 unspecified atom stereocenters. The first kappa shape index (κ1) is 22.2. The van der Waals surface area contributed by atoms with E-state index in [-0.39, 0.29) is 22.6 Å². The summed E-state index contributed by atoms with van der Waals surface area (Å²) in [6.07, 6.45) is 0.